The van der Waals surface area contributed by atoms with Gasteiger partial charge in [-0.1, -0.05) is 91.4 Å². The minimum Gasteiger partial charge on any atom is -0.463 e. The molecule has 0 amide bonds. The lowest BCUT2D eigenvalue weighted by Gasteiger charge is -2.25. The van der Waals surface area contributed by atoms with Crippen LogP contribution < -0.4 is 14.9 Å². The number of nitrogens with zero attached hydrogens (tertiary/aromatic N) is 3. The first-order valence-electron chi connectivity index (χ1n) is 15.2. The molecule has 0 N–H and O–H groups in total. The average Bonchev–Trinajstić information content (AvgIpc) is 3.46. The number of carbonyl (C=O) groups excluding carboxylic acids is 1. The van der Waals surface area contributed by atoms with Crippen molar-refractivity contribution in [2.45, 2.75) is 60.0 Å². The monoisotopic (exact) mass is 637 g/mol. The maximum atomic E-state index is 14.3. The van der Waals surface area contributed by atoms with Crippen LogP contribution in [0.1, 0.15) is 73.2 Å². The zero-order chi connectivity index (χ0) is 32.0. The highest BCUT2D eigenvalue weighted by Gasteiger charge is 2.33. The lowest BCUT2D eigenvalue weighted by atomic mass is 9.93. The summed E-state index contributed by atoms with van der Waals surface area (Å²) in [5.74, 6) is -0.0981. The Morgan fingerprint density at radius 3 is 2.42 bits per heavy atom. The molecular formula is C37H36ClN3O3S. The molecule has 1 aliphatic rings. The number of aryl methyl sites for hydroxylation is 1. The topological polar surface area (TPSA) is 65.6 Å². The maximum Gasteiger partial charge on any atom is 0.338 e. The van der Waals surface area contributed by atoms with Gasteiger partial charge in [-0.05, 0) is 74.1 Å². The molecule has 8 heteroatoms. The van der Waals surface area contributed by atoms with Crippen molar-refractivity contribution >= 4 is 45.9 Å². The highest BCUT2D eigenvalue weighted by atomic mass is 35.5. The Bertz CT molecular complexity index is 2150. The summed E-state index contributed by atoms with van der Waals surface area (Å²) in [7, 11) is 0. The fraction of sp³-hybridized carbons (Fsp3) is 0.270. The molecule has 0 radical (unpaired) electrons. The number of benzene rings is 3. The molecule has 0 spiro atoms. The Hall–Kier alpha value is -4.20. The molecule has 1 aliphatic heterocycles. The molecule has 1 atom stereocenters. The second-order valence-corrected chi connectivity index (χ2v) is 13.3. The molecule has 0 fully saturated rings. The van der Waals surface area contributed by atoms with E-state index in [2.05, 4.69) is 62.6 Å². The predicted molar refractivity (Wildman–Crippen MR) is 183 cm³/mol. The molecule has 0 bridgehead atoms. The van der Waals surface area contributed by atoms with E-state index in [1.807, 2.05) is 49.4 Å². The number of hydrogen-bond acceptors (Lipinski definition) is 5. The summed E-state index contributed by atoms with van der Waals surface area (Å²) >= 11 is 7.51. The summed E-state index contributed by atoms with van der Waals surface area (Å²) in [6.45, 7) is 13.0. The van der Waals surface area contributed by atoms with E-state index < -0.39 is 12.0 Å². The van der Waals surface area contributed by atoms with E-state index in [1.54, 1.807) is 11.5 Å². The van der Waals surface area contributed by atoms with Crippen LogP contribution in [0.4, 0.5) is 0 Å². The normalized spacial score (nSPS) is 15.1. The zero-order valence-electron chi connectivity index (χ0n) is 26.3. The van der Waals surface area contributed by atoms with E-state index in [-0.39, 0.29) is 12.2 Å². The van der Waals surface area contributed by atoms with Gasteiger partial charge in [-0.3, -0.25) is 9.36 Å². The van der Waals surface area contributed by atoms with Crippen molar-refractivity contribution in [3.63, 3.8) is 0 Å². The SMILES string of the molecule is CCOC(=O)C1=C(C)N=c2s/c(=C\c3c(C)n(Cc4ccc(Cl)cc4)c4c(C)cccc34)c(=O)n2[C@H]1c1ccc(C(C)C)cc1. The summed E-state index contributed by atoms with van der Waals surface area (Å²) in [5, 5.41) is 1.78. The Labute approximate surface area is 271 Å². The molecule has 0 saturated carbocycles. The number of thiazole rings is 1. The van der Waals surface area contributed by atoms with E-state index in [0.29, 0.717) is 38.1 Å². The van der Waals surface area contributed by atoms with E-state index in [4.69, 9.17) is 21.3 Å². The van der Waals surface area contributed by atoms with Crippen molar-refractivity contribution in [1.29, 1.82) is 0 Å². The van der Waals surface area contributed by atoms with Crippen LogP contribution in [0.2, 0.25) is 5.02 Å². The van der Waals surface area contributed by atoms with Crippen molar-refractivity contribution in [1.82, 2.24) is 9.13 Å². The molecule has 0 unspecified atom stereocenters. The van der Waals surface area contributed by atoms with Gasteiger partial charge < -0.3 is 9.30 Å². The van der Waals surface area contributed by atoms with Crippen LogP contribution in [-0.4, -0.2) is 21.7 Å². The molecule has 0 saturated heterocycles. The van der Waals surface area contributed by atoms with Crippen LogP contribution in [0.25, 0.3) is 17.0 Å². The molecule has 6 rings (SSSR count). The number of rotatable bonds is 7. The van der Waals surface area contributed by atoms with Gasteiger partial charge in [0.15, 0.2) is 4.80 Å². The molecule has 3 heterocycles. The number of aromatic nitrogens is 2. The van der Waals surface area contributed by atoms with Crippen molar-refractivity contribution in [3.8, 4) is 0 Å². The summed E-state index contributed by atoms with van der Waals surface area (Å²) in [6, 6.07) is 21.7. The first-order chi connectivity index (χ1) is 21.6. The molecule has 5 aromatic rings. The Balaban J connectivity index is 1.55. The molecule has 2 aromatic heterocycles. The number of halogens is 1. The van der Waals surface area contributed by atoms with Crippen molar-refractivity contribution in [2.24, 2.45) is 4.99 Å². The van der Waals surface area contributed by atoms with Gasteiger partial charge in [0.05, 0.1) is 34.0 Å². The first-order valence-corrected chi connectivity index (χ1v) is 16.4. The Morgan fingerprint density at radius 2 is 1.76 bits per heavy atom. The Morgan fingerprint density at radius 1 is 1.04 bits per heavy atom. The van der Waals surface area contributed by atoms with Gasteiger partial charge in [-0.25, -0.2) is 9.79 Å². The minimum atomic E-state index is -0.641. The van der Waals surface area contributed by atoms with Crippen molar-refractivity contribution in [3.05, 3.63) is 136 Å². The predicted octanol–water partition coefficient (Wildman–Crippen LogP) is 7.19. The van der Waals surface area contributed by atoms with Gasteiger partial charge in [0.2, 0.25) is 0 Å². The molecular weight excluding hydrogens is 602 g/mol. The molecule has 0 aliphatic carbocycles. The number of ether oxygens (including phenoxy) is 1. The third-order valence-electron chi connectivity index (χ3n) is 8.56. The van der Waals surface area contributed by atoms with Crippen LogP contribution >= 0.6 is 22.9 Å². The summed E-state index contributed by atoms with van der Waals surface area (Å²) in [6.07, 6.45) is 1.99. The van der Waals surface area contributed by atoms with Gasteiger partial charge in [-0.15, -0.1) is 0 Å². The van der Waals surface area contributed by atoms with Crippen LogP contribution in [0.15, 0.2) is 87.8 Å². The van der Waals surface area contributed by atoms with Gasteiger partial charge in [0, 0.05) is 28.2 Å². The molecule has 6 nitrogen and oxygen atoms in total. The van der Waals surface area contributed by atoms with Gasteiger partial charge in [0.1, 0.15) is 0 Å². The maximum absolute atomic E-state index is 14.3. The quantitative estimate of drug-likeness (QED) is 0.177. The van der Waals surface area contributed by atoms with Crippen LogP contribution in [0, 0.1) is 13.8 Å². The highest BCUT2D eigenvalue weighted by Crippen LogP contribution is 2.33. The van der Waals surface area contributed by atoms with Gasteiger partial charge in [-0.2, -0.15) is 0 Å². The second-order valence-electron chi connectivity index (χ2n) is 11.8. The van der Waals surface area contributed by atoms with Crippen LogP contribution in [0.5, 0.6) is 0 Å². The van der Waals surface area contributed by atoms with E-state index in [9.17, 15) is 9.59 Å². The van der Waals surface area contributed by atoms with Crippen LogP contribution in [0.3, 0.4) is 0 Å². The fourth-order valence-corrected chi connectivity index (χ4v) is 7.35. The largest absolute Gasteiger partial charge is 0.463 e. The molecule has 230 valence electrons. The highest BCUT2D eigenvalue weighted by molar-refractivity contribution is 7.07. The first kappa shape index (κ1) is 30.8. The van der Waals surface area contributed by atoms with E-state index in [0.717, 1.165) is 38.9 Å². The van der Waals surface area contributed by atoms with Gasteiger partial charge in [0.25, 0.3) is 5.56 Å². The lowest BCUT2D eigenvalue weighted by Crippen LogP contribution is -2.40. The Kier molecular flexibility index (Phi) is 8.42. The number of fused-ring (bicyclic) bond motifs is 2. The van der Waals surface area contributed by atoms with Crippen molar-refractivity contribution in [2.75, 3.05) is 6.61 Å². The van der Waals surface area contributed by atoms with E-state index in [1.165, 1.54) is 16.9 Å². The third kappa shape index (κ3) is 5.60. The van der Waals surface area contributed by atoms with Gasteiger partial charge >= 0.3 is 5.97 Å². The average molecular weight is 638 g/mol. The number of para-hydroxylation sites is 1. The summed E-state index contributed by atoms with van der Waals surface area (Å²) in [5.41, 5.74) is 8.27. The number of allylic oxidation sites excluding steroid dienone is 1. The molecule has 3 aromatic carbocycles. The fourth-order valence-electron chi connectivity index (χ4n) is 6.20. The number of hydrogen-bond donors (Lipinski definition) is 0. The lowest BCUT2D eigenvalue weighted by molar-refractivity contribution is -0.139. The number of esters is 1. The zero-order valence-corrected chi connectivity index (χ0v) is 27.9. The minimum absolute atomic E-state index is 0.184. The standard InChI is InChI=1S/C37H36ClN3O3S/c1-7-44-36(43)32-23(5)39-37-41(34(32)27-15-13-26(14-16-27)21(2)3)35(42)31(45-37)19-30-24(6)40(20-25-11-17-28(38)18-12-25)33-22(4)9-8-10-29(30)33/h8-19,21,34H,7,20H2,1-6H3/b31-19-/t34-/m0/s1. The second kappa shape index (κ2) is 12.3. The van der Waals surface area contributed by atoms with Crippen molar-refractivity contribution < 1.29 is 9.53 Å². The van der Waals surface area contributed by atoms with Crippen LogP contribution in [-0.2, 0) is 16.1 Å². The smallest absolute Gasteiger partial charge is 0.338 e. The third-order valence-corrected chi connectivity index (χ3v) is 9.79. The summed E-state index contributed by atoms with van der Waals surface area (Å²) in [4.78, 5) is 33.0. The van der Waals surface area contributed by atoms with E-state index >= 15 is 0 Å². The molecule has 45 heavy (non-hydrogen) atoms. The summed E-state index contributed by atoms with van der Waals surface area (Å²) < 4.78 is 9.99. The number of carbonyl (C=O) groups is 1.